The highest BCUT2D eigenvalue weighted by atomic mass is 16.2. The van der Waals surface area contributed by atoms with Crippen molar-refractivity contribution >= 4 is 23.2 Å². The molecule has 5 heteroatoms. The van der Waals surface area contributed by atoms with E-state index in [0.717, 1.165) is 17.7 Å². The number of para-hydroxylation sites is 1. The molecule has 3 aromatic rings. The maximum absolute atomic E-state index is 12.7. The lowest BCUT2D eigenvalue weighted by Crippen LogP contribution is -2.27. The van der Waals surface area contributed by atoms with Gasteiger partial charge in [-0.15, -0.1) is 0 Å². The quantitative estimate of drug-likeness (QED) is 0.645. The van der Waals surface area contributed by atoms with Gasteiger partial charge in [-0.25, -0.2) is 0 Å². The number of carbonyl (C=O) groups excluding carboxylic acids is 2. The minimum Gasteiger partial charge on any atom is -0.378 e. The summed E-state index contributed by atoms with van der Waals surface area (Å²) in [6.45, 7) is 0.524. The van der Waals surface area contributed by atoms with Crippen LogP contribution in [0.4, 0.5) is 11.4 Å². The molecular weight excluding hydrogens is 362 g/mol. The van der Waals surface area contributed by atoms with E-state index in [-0.39, 0.29) is 11.8 Å². The molecule has 0 atom stereocenters. The molecule has 3 aromatic carbocycles. The van der Waals surface area contributed by atoms with E-state index in [4.69, 9.17) is 0 Å². The van der Waals surface area contributed by atoms with E-state index in [9.17, 15) is 9.59 Å². The highest BCUT2D eigenvalue weighted by molar-refractivity contribution is 6.09. The molecule has 0 fully saturated rings. The summed E-state index contributed by atoms with van der Waals surface area (Å²) in [6, 6.07) is 24.4. The molecule has 2 N–H and O–H groups in total. The molecule has 5 nitrogen and oxygen atoms in total. The maximum atomic E-state index is 12.7. The summed E-state index contributed by atoms with van der Waals surface area (Å²) in [7, 11) is 3.85. The standard InChI is InChI=1S/C24H25N3O2/c1-27(2)20-12-8-11-19(17-20)23(28)26-22-14-7-6-13-21(22)24(29)25-16-15-18-9-4-3-5-10-18/h3-14,17H,15-16H2,1-2H3,(H,25,29)(H,26,28). The van der Waals surface area contributed by atoms with E-state index in [2.05, 4.69) is 10.6 Å². The van der Waals surface area contributed by atoms with Gasteiger partial charge in [0, 0.05) is 31.9 Å². The molecule has 148 valence electrons. The van der Waals surface area contributed by atoms with Gasteiger partial charge >= 0.3 is 0 Å². The van der Waals surface area contributed by atoms with Gasteiger partial charge in [0.05, 0.1) is 11.3 Å². The van der Waals surface area contributed by atoms with Gasteiger partial charge in [-0.2, -0.15) is 0 Å². The van der Waals surface area contributed by atoms with Crippen LogP contribution in [0.15, 0.2) is 78.9 Å². The van der Waals surface area contributed by atoms with E-state index in [0.29, 0.717) is 23.4 Å². The van der Waals surface area contributed by atoms with Crippen LogP contribution in [-0.2, 0) is 6.42 Å². The Balaban J connectivity index is 1.67. The zero-order valence-electron chi connectivity index (χ0n) is 16.7. The molecule has 29 heavy (non-hydrogen) atoms. The first-order chi connectivity index (χ1) is 14.0. The second-order valence-corrected chi connectivity index (χ2v) is 6.94. The van der Waals surface area contributed by atoms with Crippen LogP contribution in [-0.4, -0.2) is 32.5 Å². The van der Waals surface area contributed by atoms with Crippen molar-refractivity contribution in [2.45, 2.75) is 6.42 Å². The molecular formula is C24H25N3O2. The van der Waals surface area contributed by atoms with Gasteiger partial charge in [0.15, 0.2) is 0 Å². The van der Waals surface area contributed by atoms with Crippen LogP contribution in [0.1, 0.15) is 26.3 Å². The van der Waals surface area contributed by atoms with E-state index >= 15 is 0 Å². The summed E-state index contributed by atoms with van der Waals surface area (Å²) in [5.41, 5.74) is 3.57. The van der Waals surface area contributed by atoms with Gasteiger partial charge in [0.2, 0.25) is 0 Å². The minimum atomic E-state index is -0.252. The van der Waals surface area contributed by atoms with Crippen molar-refractivity contribution in [2.24, 2.45) is 0 Å². The van der Waals surface area contributed by atoms with Crippen LogP contribution in [0.2, 0.25) is 0 Å². The molecule has 2 amide bonds. The Morgan fingerprint density at radius 2 is 1.55 bits per heavy atom. The molecule has 0 heterocycles. The van der Waals surface area contributed by atoms with Crippen LogP contribution < -0.4 is 15.5 Å². The lowest BCUT2D eigenvalue weighted by atomic mass is 10.1. The van der Waals surface area contributed by atoms with Crippen LogP contribution in [0.25, 0.3) is 0 Å². The zero-order chi connectivity index (χ0) is 20.6. The van der Waals surface area contributed by atoms with Crippen molar-refractivity contribution in [1.29, 1.82) is 0 Å². The minimum absolute atomic E-state index is 0.209. The van der Waals surface area contributed by atoms with E-state index in [1.165, 1.54) is 0 Å². The summed E-state index contributed by atoms with van der Waals surface area (Å²) >= 11 is 0. The number of carbonyl (C=O) groups is 2. The lowest BCUT2D eigenvalue weighted by molar-refractivity contribution is 0.0955. The van der Waals surface area contributed by atoms with Crippen molar-refractivity contribution in [3.05, 3.63) is 95.6 Å². The molecule has 0 unspecified atom stereocenters. The molecule has 0 saturated heterocycles. The van der Waals surface area contributed by atoms with Gasteiger partial charge in [0.1, 0.15) is 0 Å². The summed E-state index contributed by atoms with van der Waals surface area (Å²) < 4.78 is 0. The van der Waals surface area contributed by atoms with Gasteiger partial charge in [-0.05, 0) is 42.3 Å². The van der Waals surface area contributed by atoms with Crippen LogP contribution in [0.5, 0.6) is 0 Å². The number of amides is 2. The van der Waals surface area contributed by atoms with Gasteiger partial charge in [-0.3, -0.25) is 9.59 Å². The number of hydrogen-bond donors (Lipinski definition) is 2. The first-order valence-electron chi connectivity index (χ1n) is 9.54. The zero-order valence-corrected chi connectivity index (χ0v) is 16.7. The third-order valence-electron chi connectivity index (χ3n) is 4.59. The Kier molecular flexibility index (Phi) is 6.63. The number of anilines is 2. The van der Waals surface area contributed by atoms with Crippen molar-refractivity contribution in [2.75, 3.05) is 30.9 Å². The van der Waals surface area contributed by atoms with Crippen LogP contribution in [0, 0.1) is 0 Å². The molecule has 0 spiro atoms. The average Bonchev–Trinajstić information content (AvgIpc) is 2.75. The average molecular weight is 387 g/mol. The van der Waals surface area contributed by atoms with Gasteiger partial charge < -0.3 is 15.5 Å². The van der Waals surface area contributed by atoms with Gasteiger partial charge in [0.25, 0.3) is 11.8 Å². The first-order valence-corrected chi connectivity index (χ1v) is 9.54. The Morgan fingerprint density at radius 3 is 2.31 bits per heavy atom. The highest BCUT2D eigenvalue weighted by Crippen LogP contribution is 2.18. The number of benzene rings is 3. The maximum Gasteiger partial charge on any atom is 0.255 e. The predicted molar refractivity (Wildman–Crippen MR) is 118 cm³/mol. The summed E-state index contributed by atoms with van der Waals surface area (Å²) in [4.78, 5) is 27.3. The highest BCUT2D eigenvalue weighted by Gasteiger charge is 2.14. The third-order valence-corrected chi connectivity index (χ3v) is 4.59. The van der Waals surface area contributed by atoms with E-state index in [1.54, 1.807) is 30.3 Å². The van der Waals surface area contributed by atoms with Crippen molar-refractivity contribution in [3.8, 4) is 0 Å². The molecule has 0 radical (unpaired) electrons. The fourth-order valence-electron chi connectivity index (χ4n) is 2.97. The van der Waals surface area contributed by atoms with Crippen LogP contribution >= 0.6 is 0 Å². The lowest BCUT2D eigenvalue weighted by Gasteiger charge is -2.14. The second-order valence-electron chi connectivity index (χ2n) is 6.94. The number of nitrogens with zero attached hydrogens (tertiary/aromatic N) is 1. The monoisotopic (exact) mass is 387 g/mol. The van der Waals surface area contributed by atoms with Crippen molar-refractivity contribution in [1.82, 2.24) is 5.32 Å². The number of hydrogen-bond acceptors (Lipinski definition) is 3. The Bertz CT molecular complexity index is 984. The molecule has 3 rings (SSSR count). The van der Waals surface area contributed by atoms with Crippen LogP contribution in [0.3, 0.4) is 0 Å². The SMILES string of the molecule is CN(C)c1cccc(C(=O)Nc2ccccc2C(=O)NCCc2ccccc2)c1. The smallest absolute Gasteiger partial charge is 0.255 e. The molecule has 0 aliphatic heterocycles. The molecule has 0 aromatic heterocycles. The molecule has 0 saturated carbocycles. The fraction of sp³-hybridized carbons (Fsp3) is 0.167. The molecule has 0 aliphatic carbocycles. The largest absolute Gasteiger partial charge is 0.378 e. The Labute approximate surface area is 171 Å². The van der Waals surface area contributed by atoms with E-state index in [1.807, 2.05) is 67.5 Å². The molecule has 0 aliphatic rings. The topological polar surface area (TPSA) is 61.4 Å². The van der Waals surface area contributed by atoms with Crippen molar-refractivity contribution < 1.29 is 9.59 Å². The van der Waals surface area contributed by atoms with Gasteiger partial charge in [-0.1, -0.05) is 48.5 Å². The normalized spacial score (nSPS) is 10.3. The second kappa shape index (κ2) is 9.55. The summed E-state index contributed by atoms with van der Waals surface area (Å²) in [6.07, 6.45) is 0.748. The number of nitrogens with one attached hydrogen (secondary N) is 2. The Hall–Kier alpha value is -3.60. The first kappa shape index (κ1) is 20.1. The third kappa shape index (κ3) is 5.45. The van der Waals surface area contributed by atoms with Crippen molar-refractivity contribution in [3.63, 3.8) is 0 Å². The molecule has 0 bridgehead atoms. The fourth-order valence-corrected chi connectivity index (χ4v) is 2.97. The number of rotatable bonds is 7. The predicted octanol–water partition coefficient (Wildman–Crippen LogP) is 3.98. The summed E-state index contributed by atoms with van der Waals surface area (Å²) in [5, 5.41) is 5.79. The summed E-state index contributed by atoms with van der Waals surface area (Å²) in [5.74, 6) is -0.461. The van der Waals surface area contributed by atoms with E-state index < -0.39 is 0 Å². The Morgan fingerprint density at radius 1 is 0.828 bits per heavy atom.